The Bertz CT molecular complexity index is 796. The molecule has 0 spiro atoms. The van der Waals surface area contributed by atoms with Crippen molar-refractivity contribution in [3.05, 3.63) is 35.7 Å². The summed E-state index contributed by atoms with van der Waals surface area (Å²) in [6.07, 6.45) is 1.70. The van der Waals surface area contributed by atoms with Gasteiger partial charge in [0.25, 0.3) is 5.26 Å². The Kier molecular flexibility index (Phi) is 2.00. The largest absolute Gasteiger partial charge is 0.289 e. The van der Waals surface area contributed by atoms with Gasteiger partial charge in [-0.1, -0.05) is 12.1 Å². The highest BCUT2D eigenvalue weighted by atomic mass is 32.1. The maximum absolute atomic E-state index is 12.9. The fourth-order valence-electron chi connectivity index (χ4n) is 1.76. The van der Waals surface area contributed by atoms with E-state index in [9.17, 15) is 4.39 Å². The van der Waals surface area contributed by atoms with Gasteiger partial charge in [0.15, 0.2) is 0 Å². The summed E-state index contributed by atoms with van der Waals surface area (Å²) >= 11 is 2.49. The highest BCUT2D eigenvalue weighted by Gasteiger charge is 2.12. The molecule has 0 N–H and O–H groups in total. The molecule has 3 aromatic heterocycles. The molecule has 0 radical (unpaired) electrons. The van der Waals surface area contributed by atoms with Gasteiger partial charge in [0.1, 0.15) is 10.7 Å². The lowest BCUT2D eigenvalue weighted by molar-refractivity contribution is 0.592. The SMILES string of the molecule is Fc1nn2cc(-c3nc4ccccc4s3)nc2s1. The van der Waals surface area contributed by atoms with E-state index in [1.165, 1.54) is 4.52 Å². The number of halogens is 1. The van der Waals surface area contributed by atoms with Crippen LogP contribution in [0.15, 0.2) is 30.5 Å². The number of aromatic nitrogens is 4. The Labute approximate surface area is 108 Å². The minimum absolute atomic E-state index is 0.478. The van der Waals surface area contributed by atoms with Crippen molar-refractivity contribution in [2.24, 2.45) is 0 Å². The van der Waals surface area contributed by atoms with E-state index in [-0.39, 0.29) is 0 Å². The molecule has 4 aromatic rings. The van der Waals surface area contributed by atoms with Crippen molar-refractivity contribution in [2.75, 3.05) is 0 Å². The summed E-state index contributed by atoms with van der Waals surface area (Å²) in [4.78, 5) is 9.38. The van der Waals surface area contributed by atoms with Gasteiger partial charge in [-0.2, -0.15) is 4.39 Å². The van der Waals surface area contributed by atoms with E-state index in [1.54, 1.807) is 17.5 Å². The Hall–Kier alpha value is -1.86. The fraction of sp³-hybridized carbons (Fsp3) is 0. The number of para-hydroxylation sites is 1. The van der Waals surface area contributed by atoms with Crippen LogP contribution in [0.1, 0.15) is 0 Å². The summed E-state index contributed by atoms with van der Waals surface area (Å²) in [5.41, 5.74) is 1.68. The van der Waals surface area contributed by atoms with Gasteiger partial charge in [-0.15, -0.1) is 16.4 Å². The van der Waals surface area contributed by atoms with Crippen molar-refractivity contribution in [3.8, 4) is 10.7 Å². The van der Waals surface area contributed by atoms with Crippen LogP contribution in [-0.4, -0.2) is 19.6 Å². The lowest BCUT2D eigenvalue weighted by atomic mass is 10.3. The third kappa shape index (κ3) is 1.44. The molecule has 0 aliphatic rings. The van der Waals surface area contributed by atoms with Crippen LogP contribution in [-0.2, 0) is 0 Å². The summed E-state index contributed by atoms with van der Waals surface area (Å²) in [5, 5.41) is 4.05. The molecule has 7 heteroatoms. The van der Waals surface area contributed by atoms with Crippen LogP contribution in [0.4, 0.5) is 4.39 Å². The molecular weight excluding hydrogens is 271 g/mol. The summed E-state index contributed by atoms with van der Waals surface area (Å²) in [6.45, 7) is 0. The van der Waals surface area contributed by atoms with Gasteiger partial charge in [0, 0.05) is 0 Å². The first-order valence-corrected chi connectivity index (χ1v) is 6.80. The van der Waals surface area contributed by atoms with Gasteiger partial charge in [-0.25, -0.2) is 14.5 Å². The summed E-state index contributed by atoms with van der Waals surface area (Å²) in [6, 6.07) is 7.92. The zero-order valence-electron chi connectivity index (χ0n) is 8.87. The molecule has 0 saturated carbocycles. The molecular formula is C11H5FN4S2. The predicted molar refractivity (Wildman–Crippen MR) is 69.4 cm³/mol. The Balaban J connectivity index is 1.92. The van der Waals surface area contributed by atoms with Crippen molar-refractivity contribution < 1.29 is 4.39 Å². The lowest BCUT2D eigenvalue weighted by Gasteiger charge is -1.83. The second kappa shape index (κ2) is 3.56. The minimum atomic E-state index is -0.478. The second-order valence-electron chi connectivity index (χ2n) is 3.70. The number of rotatable bonds is 1. The van der Waals surface area contributed by atoms with Crippen molar-refractivity contribution >= 4 is 37.9 Å². The molecule has 3 heterocycles. The van der Waals surface area contributed by atoms with E-state index in [0.29, 0.717) is 4.96 Å². The van der Waals surface area contributed by atoms with E-state index in [0.717, 1.165) is 32.3 Å². The van der Waals surface area contributed by atoms with Crippen LogP contribution in [0.25, 0.3) is 25.9 Å². The fourth-order valence-corrected chi connectivity index (χ4v) is 3.29. The first-order chi connectivity index (χ1) is 8.79. The van der Waals surface area contributed by atoms with E-state index in [1.807, 2.05) is 24.3 Å². The molecule has 0 unspecified atom stereocenters. The van der Waals surface area contributed by atoms with E-state index >= 15 is 0 Å². The summed E-state index contributed by atoms with van der Waals surface area (Å²) < 4.78 is 15.4. The van der Waals surface area contributed by atoms with E-state index < -0.39 is 5.26 Å². The third-order valence-electron chi connectivity index (χ3n) is 2.53. The smallest absolute Gasteiger partial charge is 0.234 e. The molecule has 1 aromatic carbocycles. The molecule has 4 nitrogen and oxygen atoms in total. The molecule has 0 amide bonds. The van der Waals surface area contributed by atoms with Crippen molar-refractivity contribution in [1.82, 2.24) is 19.6 Å². The molecule has 0 bridgehead atoms. The van der Waals surface area contributed by atoms with Crippen molar-refractivity contribution in [1.29, 1.82) is 0 Å². The first kappa shape index (κ1) is 10.1. The number of hydrogen-bond donors (Lipinski definition) is 0. The van der Waals surface area contributed by atoms with Gasteiger partial charge in [-0.05, 0) is 23.5 Å². The molecule has 0 fully saturated rings. The highest BCUT2D eigenvalue weighted by molar-refractivity contribution is 7.21. The quantitative estimate of drug-likeness (QED) is 0.536. The average molecular weight is 276 g/mol. The van der Waals surface area contributed by atoms with Gasteiger partial charge in [0.2, 0.25) is 4.96 Å². The Morgan fingerprint density at radius 3 is 2.83 bits per heavy atom. The summed E-state index contributed by atoms with van der Waals surface area (Å²) in [5.74, 6) is 0. The third-order valence-corrected chi connectivity index (χ3v) is 4.30. The normalized spacial score (nSPS) is 11.6. The van der Waals surface area contributed by atoms with E-state index in [4.69, 9.17) is 0 Å². The Morgan fingerprint density at radius 1 is 1.11 bits per heavy atom. The number of thiazole rings is 1. The standard InChI is InChI=1S/C11H5FN4S2/c12-10-15-16-5-7(14-11(16)18-10)9-13-6-3-1-2-4-8(6)17-9/h1-5H. The topological polar surface area (TPSA) is 43.1 Å². The molecule has 0 saturated heterocycles. The van der Waals surface area contributed by atoms with Crippen LogP contribution in [0.3, 0.4) is 0 Å². The van der Waals surface area contributed by atoms with E-state index in [2.05, 4.69) is 15.1 Å². The molecule has 4 rings (SSSR count). The number of benzene rings is 1. The van der Waals surface area contributed by atoms with Crippen molar-refractivity contribution in [3.63, 3.8) is 0 Å². The monoisotopic (exact) mass is 276 g/mol. The van der Waals surface area contributed by atoms with Gasteiger partial charge < -0.3 is 0 Å². The maximum atomic E-state index is 12.9. The van der Waals surface area contributed by atoms with Gasteiger partial charge in [-0.3, -0.25) is 0 Å². The highest BCUT2D eigenvalue weighted by Crippen LogP contribution is 2.30. The predicted octanol–water partition coefficient (Wildman–Crippen LogP) is 3.21. The van der Waals surface area contributed by atoms with Gasteiger partial charge in [0.05, 0.1) is 16.4 Å². The zero-order valence-corrected chi connectivity index (χ0v) is 10.5. The van der Waals surface area contributed by atoms with Gasteiger partial charge >= 0.3 is 0 Å². The zero-order chi connectivity index (χ0) is 12.1. The van der Waals surface area contributed by atoms with Crippen LogP contribution in [0.5, 0.6) is 0 Å². The summed E-state index contributed by atoms with van der Waals surface area (Å²) in [7, 11) is 0. The number of imidazole rings is 1. The minimum Gasteiger partial charge on any atom is -0.234 e. The van der Waals surface area contributed by atoms with Crippen LogP contribution in [0.2, 0.25) is 0 Å². The molecule has 0 atom stereocenters. The second-order valence-corrected chi connectivity index (χ2v) is 5.63. The lowest BCUT2D eigenvalue weighted by Crippen LogP contribution is -1.80. The van der Waals surface area contributed by atoms with Crippen LogP contribution < -0.4 is 0 Å². The van der Waals surface area contributed by atoms with Crippen LogP contribution >= 0.6 is 22.7 Å². The number of nitrogens with zero attached hydrogens (tertiary/aromatic N) is 4. The molecule has 0 aliphatic carbocycles. The number of fused-ring (bicyclic) bond motifs is 2. The van der Waals surface area contributed by atoms with Crippen LogP contribution in [0, 0.1) is 5.26 Å². The molecule has 88 valence electrons. The molecule has 0 aliphatic heterocycles. The first-order valence-electron chi connectivity index (χ1n) is 5.17. The Morgan fingerprint density at radius 2 is 2.00 bits per heavy atom. The molecule has 18 heavy (non-hydrogen) atoms. The van der Waals surface area contributed by atoms with Crippen molar-refractivity contribution in [2.45, 2.75) is 0 Å². The maximum Gasteiger partial charge on any atom is 0.289 e. The average Bonchev–Trinajstić information content (AvgIpc) is 2.98. The number of hydrogen-bond acceptors (Lipinski definition) is 5.